The van der Waals surface area contributed by atoms with Crippen LogP contribution in [-0.2, 0) is 5.41 Å². The molecule has 0 aromatic heterocycles. The Labute approximate surface area is 158 Å². The molecule has 2 aromatic carbocycles. The molecular weight excluding hydrogens is 346 g/mol. The second-order valence-corrected chi connectivity index (χ2v) is 7.16. The number of amides is 2. The summed E-state index contributed by atoms with van der Waals surface area (Å²) in [4.78, 5) is 21.9. The van der Waals surface area contributed by atoms with Crippen molar-refractivity contribution in [1.82, 2.24) is 5.32 Å². The zero-order valence-corrected chi connectivity index (χ0v) is 15.8. The van der Waals surface area contributed by atoms with Crippen LogP contribution in [0.2, 0.25) is 0 Å². The van der Waals surface area contributed by atoms with Crippen LogP contribution in [0.1, 0.15) is 32.8 Å². The van der Waals surface area contributed by atoms with E-state index < -0.39 is 4.92 Å². The van der Waals surface area contributed by atoms with Gasteiger partial charge in [-0.25, -0.2) is 4.79 Å². The lowest BCUT2D eigenvalue weighted by Crippen LogP contribution is -2.30. The summed E-state index contributed by atoms with van der Waals surface area (Å²) < 4.78 is 5.67. The van der Waals surface area contributed by atoms with Gasteiger partial charge in [0.15, 0.2) is 0 Å². The molecule has 0 unspecified atom stereocenters. The van der Waals surface area contributed by atoms with E-state index >= 15 is 0 Å². The third kappa shape index (κ3) is 6.62. The Balaban J connectivity index is 1.66. The molecule has 0 atom stereocenters. The number of hydrogen-bond acceptors (Lipinski definition) is 4. The van der Waals surface area contributed by atoms with Crippen molar-refractivity contribution in [3.8, 4) is 5.75 Å². The lowest BCUT2D eigenvalue weighted by atomic mass is 9.87. The summed E-state index contributed by atoms with van der Waals surface area (Å²) in [5.41, 5.74) is 1.83. The summed E-state index contributed by atoms with van der Waals surface area (Å²) in [7, 11) is 0. The van der Waals surface area contributed by atoms with E-state index in [0.717, 1.165) is 5.75 Å². The van der Waals surface area contributed by atoms with Crippen LogP contribution in [0.25, 0.3) is 0 Å². The third-order valence-electron chi connectivity index (χ3n) is 3.93. The molecule has 0 radical (unpaired) electrons. The summed E-state index contributed by atoms with van der Waals surface area (Å²) in [5, 5.41) is 15.9. The van der Waals surface area contributed by atoms with E-state index in [9.17, 15) is 14.9 Å². The van der Waals surface area contributed by atoms with Gasteiger partial charge in [0.1, 0.15) is 5.75 Å². The van der Waals surface area contributed by atoms with Crippen LogP contribution in [-0.4, -0.2) is 24.1 Å². The number of anilines is 1. The summed E-state index contributed by atoms with van der Waals surface area (Å²) in [5.74, 6) is 0.804. The molecule has 0 bridgehead atoms. The van der Waals surface area contributed by atoms with Crippen molar-refractivity contribution in [3.05, 3.63) is 64.2 Å². The molecule has 0 aliphatic carbocycles. The van der Waals surface area contributed by atoms with Gasteiger partial charge < -0.3 is 15.4 Å². The van der Waals surface area contributed by atoms with Crippen LogP contribution in [0, 0.1) is 10.1 Å². The third-order valence-corrected chi connectivity index (χ3v) is 3.93. The SMILES string of the molecule is CC(C)(C)c1ccc(OCCCNC(=O)Nc2ccc([N+](=O)[O-])cc2)cc1. The standard InChI is InChI=1S/C20H25N3O4/c1-20(2,3)15-5-11-18(12-6-15)27-14-4-13-21-19(24)22-16-7-9-17(10-8-16)23(25)26/h5-12H,4,13-14H2,1-3H3,(H2,21,22,24). The zero-order chi connectivity index (χ0) is 19.9. The highest BCUT2D eigenvalue weighted by Crippen LogP contribution is 2.24. The van der Waals surface area contributed by atoms with Gasteiger partial charge in [-0.15, -0.1) is 0 Å². The average molecular weight is 371 g/mol. The van der Waals surface area contributed by atoms with Gasteiger partial charge in [-0.1, -0.05) is 32.9 Å². The molecule has 0 aliphatic heterocycles. The van der Waals surface area contributed by atoms with Crippen LogP contribution in [0.15, 0.2) is 48.5 Å². The Morgan fingerprint density at radius 1 is 1.07 bits per heavy atom. The van der Waals surface area contributed by atoms with Crippen LogP contribution < -0.4 is 15.4 Å². The molecule has 7 nitrogen and oxygen atoms in total. The summed E-state index contributed by atoms with van der Waals surface area (Å²) in [6.45, 7) is 7.44. The van der Waals surface area contributed by atoms with Crippen molar-refractivity contribution >= 4 is 17.4 Å². The minimum absolute atomic E-state index is 0.0198. The van der Waals surface area contributed by atoms with Gasteiger partial charge in [-0.3, -0.25) is 10.1 Å². The van der Waals surface area contributed by atoms with Crippen molar-refractivity contribution < 1.29 is 14.5 Å². The average Bonchev–Trinajstić information content (AvgIpc) is 2.61. The van der Waals surface area contributed by atoms with Crippen LogP contribution in [0.3, 0.4) is 0 Å². The zero-order valence-electron chi connectivity index (χ0n) is 15.8. The van der Waals surface area contributed by atoms with E-state index in [1.807, 2.05) is 12.1 Å². The molecule has 0 fully saturated rings. The van der Waals surface area contributed by atoms with Gasteiger partial charge >= 0.3 is 6.03 Å². The molecule has 2 N–H and O–H groups in total. The van der Waals surface area contributed by atoms with Gasteiger partial charge in [0.25, 0.3) is 5.69 Å². The highest BCUT2D eigenvalue weighted by molar-refractivity contribution is 5.89. The van der Waals surface area contributed by atoms with Crippen molar-refractivity contribution in [2.45, 2.75) is 32.6 Å². The highest BCUT2D eigenvalue weighted by Gasteiger charge is 2.12. The number of non-ortho nitro benzene ring substituents is 1. The second kappa shape index (κ2) is 9.02. The number of urea groups is 1. The molecule has 2 rings (SSSR count). The van der Waals surface area contributed by atoms with E-state index in [2.05, 4.69) is 43.5 Å². The smallest absolute Gasteiger partial charge is 0.319 e. The summed E-state index contributed by atoms with van der Waals surface area (Å²) in [6.07, 6.45) is 0.661. The number of rotatable bonds is 7. The minimum atomic E-state index is -0.486. The molecule has 2 amide bonds. The number of nitro groups is 1. The predicted octanol–water partition coefficient (Wildman–Crippen LogP) is 4.48. The first-order valence-corrected chi connectivity index (χ1v) is 8.78. The van der Waals surface area contributed by atoms with Crippen LogP contribution in [0.5, 0.6) is 5.75 Å². The number of nitrogens with zero attached hydrogens (tertiary/aromatic N) is 1. The van der Waals surface area contributed by atoms with Gasteiger partial charge in [-0.05, 0) is 41.7 Å². The number of hydrogen-bond donors (Lipinski definition) is 2. The number of carbonyl (C=O) groups is 1. The number of nitro benzene ring substituents is 1. The van der Waals surface area contributed by atoms with E-state index in [1.54, 1.807) is 0 Å². The molecule has 0 spiro atoms. The Bertz CT molecular complexity index is 765. The van der Waals surface area contributed by atoms with E-state index in [0.29, 0.717) is 25.3 Å². The predicted molar refractivity (Wildman–Crippen MR) is 105 cm³/mol. The van der Waals surface area contributed by atoms with E-state index in [-0.39, 0.29) is 17.1 Å². The molecule has 0 aliphatic rings. The first-order valence-electron chi connectivity index (χ1n) is 8.78. The quantitative estimate of drug-likeness (QED) is 0.426. The fraction of sp³-hybridized carbons (Fsp3) is 0.350. The number of nitrogens with one attached hydrogen (secondary N) is 2. The lowest BCUT2D eigenvalue weighted by molar-refractivity contribution is -0.384. The maximum atomic E-state index is 11.8. The second-order valence-electron chi connectivity index (χ2n) is 7.16. The largest absolute Gasteiger partial charge is 0.494 e. The Hall–Kier alpha value is -3.09. The number of carbonyl (C=O) groups excluding carboxylic acids is 1. The fourth-order valence-corrected chi connectivity index (χ4v) is 2.36. The minimum Gasteiger partial charge on any atom is -0.494 e. The molecule has 7 heteroatoms. The first-order chi connectivity index (χ1) is 12.8. The lowest BCUT2D eigenvalue weighted by Gasteiger charge is -2.19. The van der Waals surface area contributed by atoms with Gasteiger partial charge in [0.05, 0.1) is 11.5 Å². The van der Waals surface area contributed by atoms with E-state index in [1.165, 1.54) is 29.8 Å². The fourth-order valence-electron chi connectivity index (χ4n) is 2.36. The van der Waals surface area contributed by atoms with Crippen molar-refractivity contribution in [3.63, 3.8) is 0 Å². The maximum absolute atomic E-state index is 11.8. The Morgan fingerprint density at radius 2 is 1.70 bits per heavy atom. The van der Waals surface area contributed by atoms with Gasteiger partial charge in [-0.2, -0.15) is 0 Å². The van der Waals surface area contributed by atoms with Crippen molar-refractivity contribution in [2.75, 3.05) is 18.5 Å². The Kier molecular flexibility index (Phi) is 6.76. The molecule has 144 valence electrons. The molecule has 0 heterocycles. The molecule has 27 heavy (non-hydrogen) atoms. The van der Waals surface area contributed by atoms with Gasteiger partial charge in [0, 0.05) is 24.4 Å². The van der Waals surface area contributed by atoms with Crippen molar-refractivity contribution in [1.29, 1.82) is 0 Å². The van der Waals surface area contributed by atoms with Crippen LogP contribution in [0.4, 0.5) is 16.2 Å². The summed E-state index contributed by atoms with van der Waals surface area (Å²) in [6, 6.07) is 13.3. The van der Waals surface area contributed by atoms with Crippen LogP contribution >= 0.6 is 0 Å². The van der Waals surface area contributed by atoms with Crippen molar-refractivity contribution in [2.24, 2.45) is 0 Å². The monoisotopic (exact) mass is 371 g/mol. The number of ether oxygens (including phenoxy) is 1. The molecule has 0 saturated carbocycles. The Morgan fingerprint density at radius 3 is 2.26 bits per heavy atom. The molecule has 0 saturated heterocycles. The topological polar surface area (TPSA) is 93.5 Å². The first kappa shape index (κ1) is 20.2. The van der Waals surface area contributed by atoms with Gasteiger partial charge in [0.2, 0.25) is 0 Å². The summed E-state index contributed by atoms with van der Waals surface area (Å²) >= 11 is 0. The molecule has 2 aromatic rings. The van der Waals surface area contributed by atoms with E-state index in [4.69, 9.17) is 4.74 Å². The highest BCUT2D eigenvalue weighted by atomic mass is 16.6. The maximum Gasteiger partial charge on any atom is 0.319 e. The number of benzene rings is 2. The normalized spacial score (nSPS) is 10.9. The molecular formula is C20H25N3O4.